The van der Waals surface area contributed by atoms with Crippen molar-refractivity contribution in [3.63, 3.8) is 0 Å². The molecular weight excluding hydrogens is 901 g/mol. The van der Waals surface area contributed by atoms with Crippen LogP contribution < -0.4 is 0 Å². The van der Waals surface area contributed by atoms with E-state index in [0.717, 1.165) is 70.6 Å². The van der Waals surface area contributed by atoms with Crippen molar-refractivity contribution in [2.45, 2.75) is 361 Å². The lowest BCUT2D eigenvalue weighted by atomic mass is 10.0. The second kappa shape index (κ2) is 62.2. The Balaban J connectivity index is 4.33. The molecule has 0 heterocycles. The van der Waals surface area contributed by atoms with Crippen LogP contribution in [-0.2, 0) is 28.6 Å². The van der Waals surface area contributed by atoms with Crippen molar-refractivity contribution in [1.82, 2.24) is 0 Å². The lowest BCUT2D eigenvalue weighted by molar-refractivity contribution is -0.167. The van der Waals surface area contributed by atoms with E-state index >= 15 is 0 Å². The first-order chi connectivity index (χ1) is 36.0. The number of carbonyl (C=O) groups excluding carboxylic acids is 3. The maximum Gasteiger partial charge on any atom is 0.306 e. The highest BCUT2D eigenvalue weighted by Crippen LogP contribution is 2.17. The van der Waals surface area contributed by atoms with Crippen LogP contribution in [-0.4, -0.2) is 37.2 Å². The first-order valence-corrected chi connectivity index (χ1v) is 32.5. The van der Waals surface area contributed by atoms with Crippen LogP contribution >= 0.6 is 0 Å². The van der Waals surface area contributed by atoms with Crippen LogP contribution in [0, 0.1) is 0 Å². The highest BCUT2D eigenvalue weighted by atomic mass is 16.6. The molecule has 0 radical (unpaired) electrons. The van der Waals surface area contributed by atoms with Gasteiger partial charge < -0.3 is 14.2 Å². The zero-order valence-corrected chi connectivity index (χ0v) is 49.2. The average Bonchev–Trinajstić information content (AvgIpc) is 3.39. The molecule has 0 aliphatic heterocycles. The molecule has 0 aromatic rings. The summed E-state index contributed by atoms with van der Waals surface area (Å²) in [4.78, 5) is 38.3. The summed E-state index contributed by atoms with van der Waals surface area (Å²) in [6, 6.07) is 0. The number of unbranched alkanes of at least 4 members (excludes halogenated alkanes) is 43. The number of hydrogen-bond donors (Lipinski definition) is 0. The summed E-state index contributed by atoms with van der Waals surface area (Å²) >= 11 is 0. The minimum absolute atomic E-state index is 0.0716. The topological polar surface area (TPSA) is 78.9 Å². The van der Waals surface area contributed by atoms with Gasteiger partial charge in [-0.15, -0.1) is 0 Å². The zero-order valence-electron chi connectivity index (χ0n) is 49.2. The average molecular weight is 1030 g/mol. The van der Waals surface area contributed by atoms with Crippen LogP contribution in [0.5, 0.6) is 0 Å². The number of allylic oxidation sites excluding steroid dienone is 6. The van der Waals surface area contributed by atoms with Crippen molar-refractivity contribution in [2.24, 2.45) is 0 Å². The third kappa shape index (κ3) is 60.4. The second-order valence-electron chi connectivity index (χ2n) is 22.0. The SMILES string of the molecule is CCCCC/C=C\C/C=C\CCCCCCCCCC(=O)OC(COC(=O)CCCCCCCCCCC/C=C\CCCCCCCCCC)COC(=O)CCCCCCCCCCCCCCCCCCC. The number of rotatable bonds is 60. The Labute approximate surface area is 455 Å². The molecule has 1 atom stereocenters. The summed E-state index contributed by atoms with van der Waals surface area (Å²) in [7, 11) is 0. The Hall–Kier alpha value is -2.37. The smallest absolute Gasteiger partial charge is 0.306 e. The number of esters is 3. The molecule has 0 aromatic carbocycles. The van der Waals surface area contributed by atoms with E-state index in [0.29, 0.717) is 19.3 Å². The fourth-order valence-electron chi connectivity index (χ4n) is 9.71. The van der Waals surface area contributed by atoms with Gasteiger partial charge in [0.25, 0.3) is 0 Å². The van der Waals surface area contributed by atoms with Gasteiger partial charge in [0, 0.05) is 19.3 Å². The molecule has 0 spiro atoms. The van der Waals surface area contributed by atoms with Gasteiger partial charge in [-0.05, 0) is 77.0 Å². The molecule has 0 bridgehead atoms. The molecule has 0 saturated heterocycles. The standard InChI is InChI=1S/C67H124O6/c1-4-7-10-13-16-19-22-25-28-31-32-33-34-37-39-42-45-48-51-54-57-60-66(69)72-63-64(73-67(70)61-58-55-52-49-46-43-40-36-30-27-24-21-18-15-12-9-6-3)62-71-65(68)59-56-53-50-47-44-41-38-35-29-26-23-20-17-14-11-8-5-2/h18,21,27,30-32,64H,4-17,19-20,22-26,28-29,33-63H2,1-3H3/b21-18-,30-27-,32-31-. The number of carbonyl (C=O) groups is 3. The first kappa shape index (κ1) is 70.6. The van der Waals surface area contributed by atoms with E-state index in [9.17, 15) is 14.4 Å². The van der Waals surface area contributed by atoms with E-state index < -0.39 is 6.10 Å². The summed E-state index contributed by atoms with van der Waals surface area (Å²) in [5, 5.41) is 0. The molecule has 0 aliphatic rings. The van der Waals surface area contributed by atoms with Crippen molar-refractivity contribution < 1.29 is 28.6 Å². The quantitative estimate of drug-likeness (QED) is 0.0261. The van der Waals surface area contributed by atoms with Crippen LogP contribution in [0.2, 0.25) is 0 Å². The fourth-order valence-corrected chi connectivity index (χ4v) is 9.71. The van der Waals surface area contributed by atoms with Crippen molar-refractivity contribution in [3.05, 3.63) is 36.5 Å². The minimum atomic E-state index is -0.775. The van der Waals surface area contributed by atoms with E-state index in [1.165, 1.54) is 244 Å². The normalized spacial score (nSPS) is 12.2. The third-order valence-corrected chi connectivity index (χ3v) is 14.6. The molecule has 1 unspecified atom stereocenters. The lowest BCUT2D eigenvalue weighted by Crippen LogP contribution is -2.30. The summed E-state index contributed by atoms with van der Waals surface area (Å²) in [6.45, 7) is 6.67. The Morgan fingerprint density at radius 1 is 0.274 bits per heavy atom. The van der Waals surface area contributed by atoms with Gasteiger partial charge in [0.2, 0.25) is 0 Å². The van der Waals surface area contributed by atoms with Crippen molar-refractivity contribution in [2.75, 3.05) is 13.2 Å². The van der Waals surface area contributed by atoms with Crippen LogP contribution in [0.25, 0.3) is 0 Å². The number of ether oxygens (including phenoxy) is 3. The van der Waals surface area contributed by atoms with Crippen molar-refractivity contribution >= 4 is 17.9 Å². The van der Waals surface area contributed by atoms with Crippen molar-refractivity contribution in [3.8, 4) is 0 Å². The summed E-state index contributed by atoms with van der Waals surface area (Å²) in [5.74, 6) is -0.857. The summed E-state index contributed by atoms with van der Waals surface area (Å²) in [6.07, 6.45) is 75.7. The molecule has 0 rings (SSSR count). The van der Waals surface area contributed by atoms with Gasteiger partial charge in [0.1, 0.15) is 13.2 Å². The van der Waals surface area contributed by atoms with Gasteiger partial charge in [-0.3, -0.25) is 14.4 Å². The van der Waals surface area contributed by atoms with E-state index in [1.54, 1.807) is 0 Å². The summed E-state index contributed by atoms with van der Waals surface area (Å²) < 4.78 is 17.0. The van der Waals surface area contributed by atoms with Crippen LogP contribution in [0.3, 0.4) is 0 Å². The van der Waals surface area contributed by atoms with Gasteiger partial charge in [-0.1, -0.05) is 295 Å². The maximum absolute atomic E-state index is 12.9. The zero-order chi connectivity index (χ0) is 52.9. The van der Waals surface area contributed by atoms with Crippen LogP contribution in [0.15, 0.2) is 36.5 Å². The van der Waals surface area contributed by atoms with Gasteiger partial charge in [0.05, 0.1) is 0 Å². The third-order valence-electron chi connectivity index (χ3n) is 14.6. The minimum Gasteiger partial charge on any atom is -0.462 e. The molecular formula is C67H124O6. The highest BCUT2D eigenvalue weighted by Gasteiger charge is 2.19. The summed E-state index contributed by atoms with van der Waals surface area (Å²) in [5.41, 5.74) is 0. The van der Waals surface area contributed by atoms with Gasteiger partial charge >= 0.3 is 17.9 Å². The fraction of sp³-hybridized carbons (Fsp3) is 0.866. The Bertz CT molecular complexity index is 1220. The molecule has 0 fully saturated rings. The molecule has 0 N–H and O–H groups in total. The van der Waals surface area contributed by atoms with E-state index in [-0.39, 0.29) is 31.1 Å². The van der Waals surface area contributed by atoms with E-state index in [4.69, 9.17) is 14.2 Å². The van der Waals surface area contributed by atoms with E-state index in [2.05, 4.69) is 57.2 Å². The predicted octanol–water partition coefficient (Wildman–Crippen LogP) is 22.0. The predicted molar refractivity (Wildman–Crippen MR) is 316 cm³/mol. The molecule has 6 heteroatoms. The molecule has 0 aliphatic carbocycles. The molecule has 0 amide bonds. The first-order valence-electron chi connectivity index (χ1n) is 32.5. The molecule has 73 heavy (non-hydrogen) atoms. The van der Waals surface area contributed by atoms with E-state index in [1.807, 2.05) is 0 Å². The molecule has 428 valence electrons. The highest BCUT2D eigenvalue weighted by molar-refractivity contribution is 5.71. The number of hydrogen-bond acceptors (Lipinski definition) is 6. The maximum atomic E-state index is 12.9. The molecule has 0 saturated carbocycles. The van der Waals surface area contributed by atoms with Gasteiger partial charge in [-0.25, -0.2) is 0 Å². The Kier molecular flexibility index (Phi) is 60.2. The lowest BCUT2D eigenvalue weighted by Gasteiger charge is -2.18. The van der Waals surface area contributed by atoms with Crippen LogP contribution in [0.1, 0.15) is 355 Å². The monoisotopic (exact) mass is 1020 g/mol. The van der Waals surface area contributed by atoms with Gasteiger partial charge in [0.15, 0.2) is 6.10 Å². The Morgan fingerprint density at radius 3 is 0.795 bits per heavy atom. The molecule has 6 nitrogen and oxygen atoms in total. The molecule has 0 aromatic heterocycles. The van der Waals surface area contributed by atoms with Crippen LogP contribution in [0.4, 0.5) is 0 Å². The van der Waals surface area contributed by atoms with Crippen molar-refractivity contribution in [1.29, 1.82) is 0 Å². The van der Waals surface area contributed by atoms with Gasteiger partial charge in [-0.2, -0.15) is 0 Å². The largest absolute Gasteiger partial charge is 0.462 e. The second-order valence-corrected chi connectivity index (χ2v) is 22.0. The Morgan fingerprint density at radius 2 is 0.493 bits per heavy atom.